The van der Waals surface area contributed by atoms with Gasteiger partial charge < -0.3 is 4.55 Å². The highest BCUT2D eigenvalue weighted by Gasteiger charge is 2.49. The number of hydrogen-bond donors (Lipinski definition) is 0. The molecule has 5 rings (SSSR count). The summed E-state index contributed by atoms with van der Waals surface area (Å²) in [6.45, 7) is 0. The Kier molecular flexibility index (Phi) is 9.48. The van der Waals surface area contributed by atoms with E-state index in [2.05, 4.69) is 146 Å². The molecule has 40 heavy (non-hydrogen) atoms. The third kappa shape index (κ3) is 6.65. The minimum atomic E-state index is -6.09. The predicted molar refractivity (Wildman–Crippen MR) is 158 cm³/mol. The molecule has 0 spiro atoms. The Morgan fingerprint density at radius 3 is 1.25 bits per heavy atom. The van der Waals surface area contributed by atoms with Gasteiger partial charge in [-0.1, -0.05) is 96.7 Å². The molecule has 5 aromatic carbocycles. The maximum Gasteiger partial charge on any atom is 0.485 e. The van der Waals surface area contributed by atoms with E-state index in [0.717, 1.165) is 0 Å². The molecule has 0 saturated heterocycles. The molecule has 3 nitrogen and oxygen atoms in total. The van der Waals surface area contributed by atoms with Crippen LogP contribution in [-0.4, -0.2) is 18.5 Å². The molecule has 0 heterocycles. The fraction of sp³-hybridized carbons (Fsp3) is 0.0323. The Balaban J connectivity index is 0.000000406. The van der Waals surface area contributed by atoms with E-state index in [4.69, 9.17) is 13.0 Å². The van der Waals surface area contributed by atoms with Crippen molar-refractivity contribution in [3.63, 3.8) is 0 Å². The lowest BCUT2D eigenvalue weighted by molar-refractivity contribution is -0.0517. The maximum absolute atomic E-state index is 10.7. The zero-order valence-corrected chi connectivity index (χ0v) is 23.5. The Morgan fingerprint density at radius 1 is 0.550 bits per heavy atom. The average Bonchev–Trinajstić information content (AvgIpc) is 2.96. The molecule has 5 aromatic rings. The van der Waals surface area contributed by atoms with Gasteiger partial charge in [-0.05, 0) is 60.7 Å². The van der Waals surface area contributed by atoms with Crippen molar-refractivity contribution in [2.75, 3.05) is 0 Å². The minimum Gasteiger partial charge on any atom is -0.741 e. The van der Waals surface area contributed by atoms with Gasteiger partial charge >= 0.3 is 5.51 Å². The number of rotatable bonds is 6. The lowest BCUT2D eigenvalue weighted by Gasteiger charge is -2.29. The zero-order chi connectivity index (χ0) is 28.6. The molecule has 0 amide bonds. The maximum atomic E-state index is 10.7. The molecule has 0 saturated carbocycles. The van der Waals surface area contributed by atoms with Crippen LogP contribution in [-0.2, 0) is 10.1 Å². The van der Waals surface area contributed by atoms with Crippen LogP contribution in [0, 0.1) is 0 Å². The second-order valence-corrected chi connectivity index (χ2v) is 14.3. The van der Waals surface area contributed by atoms with Crippen LogP contribution in [0.25, 0.3) is 0 Å². The van der Waals surface area contributed by atoms with Crippen LogP contribution in [0.2, 0.25) is 0 Å². The summed E-state index contributed by atoms with van der Waals surface area (Å²) in [5.41, 5.74) is -5.65. The second kappa shape index (κ2) is 12.8. The van der Waals surface area contributed by atoms with Gasteiger partial charge in [0.25, 0.3) is 0 Å². The molecular weight excluding hydrogens is 572 g/mol. The number of hydrogen-bond acceptors (Lipinski definition) is 4. The zero-order valence-electron chi connectivity index (χ0n) is 21.0. The van der Waals surface area contributed by atoms with Gasteiger partial charge in [-0.3, -0.25) is 0 Å². The average molecular weight is 597 g/mol. The second-order valence-electron chi connectivity index (χ2n) is 8.46. The van der Waals surface area contributed by atoms with Crippen LogP contribution >= 0.6 is 19.0 Å². The highest BCUT2D eigenvalue weighted by atomic mass is 32.2. The largest absolute Gasteiger partial charge is 0.741 e. The first kappa shape index (κ1) is 29.6. The van der Waals surface area contributed by atoms with E-state index < -0.39 is 22.9 Å². The van der Waals surface area contributed by atoms with Crippen LogP contribution in [0.5, 0.6) is 0 Å². The minimum absolute atomic E-state index is 1.26. The van der Waals surface area contributed by atoms with Crippen LogP contribution in [0.3, 0.4) is 0 Å². The summed E-state index contributed by atoms with van der Waals surface area (Å²) >= 11 is 1.85. The molecule has 0 atom stereocenters. The van der Waals surface area contributed by atoms with Gasteiger partial charge in [0, 0.05) is 4.90 Å². The van der Waals surface area contributed by atoms with Crippen molar-refractivity contribution in [3.05, 3.63) is 146 Å². The monoisotopic (exact) mass is 596 g/mol. The summed E-state index contributed by atoms with van der Waals surface area (Å²) in [4.78, 5) is 2.57. The van der Waals surface area contributed by atoms with Crippen LogP contribution < -0.4 is 21.2 Å². The lowest BCUT2D eigenvalue weighted by atomic mass is 10.3. The third-order valence-corrected chi connectivity index (χ3v) is 12.0. The normalized spacial score (nSPS) is 11.8. The van der Waals surface area contributed by atoms with E-state index in [1.165, 1.54) is 31.0 Å². The Hall–Kier alpha value is -3.42. The summed E-state index contributed by atoms with van der Waals surface area (Å²) in [7, 11) is -8.19. The van der Waals surface area contributed by atoms with E-state index in [0.29, 0.717) is 0 Å². The van der Waals surface area contributed by atoms with E-state index in [1.807, 2.05) is 11.8 Å². The SMILES string of the molecule is O=S(=O)([O-])C(F)(F)F.c1ccc(Sc2ccccc2[P+](c2ccccc2)(c2ccccc2)c2ccccc2)cc1. The Bertz CT molecular complexity index is 1520. The molecule has 0 bridgehead atoms. The molecule has 0 aliphatic carbocycles. The third-order valence-electron chi connectivity index (χ3n) is 5.91. The van der Waals surface area contributed by atoms with Gasteiger partial charge in [-0.25, -0.2) is 8.42 Å². The number of benzene rings is 5. The van der Waals surface area contributed by atoms with Gasteiger partial charge in [0.05, 0.1) is 4.90 Å². The van der Waals surface area contributed by atoms with Crippen molar-refractivity contribution < 1.29 is 26.1 Å². The van der Waals surface area contributed by atoms with Crippen molar-refractivity contribution in [3.8, 4) is 0 Å². The number of alkyl halides is 3. The van der Waals surface area contributed by atoms with Gasteiger partial charge in [0.15, 0.2) is 10.1 Å². The molecule has 0 N–H and O–H groups in total. The molecule has 0 aromatic heterocycles. The van der Waals surface area contributed by atoms with Crippen molar-refractivity contribution in [1.29, 1.82) is 0 Å². The fourth-order valence-corrected chi connectivity index (χ4v) is 9.97. The smallest absolute Gasteiger partial charge is 0.485 e. The van der Waals surface area contributed by atoms with E-state index in [1.54, 1.807) is 0 Å². The topological polar surface area (TPSA) is 57.2 Å². The molecule has 9 heteroatoms. The van der Waals surface area contributed by atoms with Gasteiger partial charge in [0.2, 0.25) is 0 Å². The quantitative estimate of drug-likeness (QED) is 0.127. The predicted octanol–water partition coefficient (Wildman–Crippen LogP) is 6.51. The van der Waals surface area contributed by atoms with E-state index in [-0.39, 0.29) is 0 Å². The summed E-state index contributed by atoms with van der Waals surface area (Å²) in [6.07, 6.45) is 0. The van der Waals surface area contributed by atoms with E-state index in [9.17, 15) is 13.2 Å². The molecular formula is C31H24F3O3PS2. The fourth-order valence-electron chi connectivity index (χ4n) is 4.26. The van der Waals surface area contributed by atoms with Crippen LogP contribution in [0.1, 0.15) is 0 Å². The molecule has 0 radical (unpaired) electrons. The molecule has 204 valence electrons. The highest BCUT2D eigenvalue weighted by Crippen LogP contribution is 2.56. The summed E-state index contributed by atoms with van der Waals surface area (Å²) < 4.78 is 58.9. The molecule has 0 fully saturated rings. The van der Waals surface area contributed by atoms with Gasteiger partial charge in [0.1, 0.15) is 28.5 Å². The van der Waals surface area contributed by atoms with Crippen molar-refractivity contribution >= 4 is 50.4 Å². The van der Waals surface area contributed by atoms with Crippen molar-refractivity contribution in [2.24, 2.45) is 0 Å². The summed E-state index contributed by atoms with van der Waals surface area (Å²) in [6, 6.07) is 52.8. The summed E-state index contributed by atoms with van der Waals surface area (Å²) in [5.74, 6) is 0. The van der Waals surface area contributed by atoms with Gasteiger partial charge in [-0.2, -0.15) is 13.2 Å². The highest BCUT2D eigenvalue weighted by molar-refractivity contribution is 8.04. The van der Waals surface area contributed by atoms with Gasteiger partial charge in [-0.15, -0.1) is 0 Å². The first-order valence-corrected chi connectivity index (χ1v) is 16.1. The first-order chi connectivity index (χ1) is 19.1. The first-order valence-electron chi connectivity index (χ1n) is 12.0. The van der Waals surface area contributed by atoms with Crippen molar-refractivity contribution in [2.45, 2.75) is 15.3 Å². The standard InChI is InChI=1S/C30H24PS.CHF3O3S/c1-5-15-25(16-6-1)31(26-17-7-2-8-18-26,27-19-9-3-10-20-27)29-23-13-14-24-30(29)32-28-21-11-4-12-22-28;2-1(3,4)8(5,6)7/h1-24H;(H,5,6,7)/q+1;/p-1. The van der Waals surface area contributed by atoms with E-state index >= 15 is 0 Å². The van der Waals surface area contributed by atoms with Crippen LogP contribution in [0.15, 0.2) is 155 Å². The van der Waals surface area contributed by atoms with Crippen molar-refractivity contribution in [1.82, 2.24) is 0 Å². The molecule has 0 unspecified atom stereocenters. The lowest BCUT2D eigenvalue weighted by Crippen LogP contribution is -2.39. The Morgan fingerprint density at radius 2 is 0.875 bits per heavy atom. The molecule has 0 aliphatic rings. The number of halogens is 3. The summed E-state index contributed by atoms with van der Waals surface area (Å²) in [5, 5.41) is 5.52. The Labute approximate surface area is 236 Å². The molecule has 0 aliphatic heterocycles. The van der Waals surface area contributed by atoms with Crippen LogP contribution in [0.4, 0.5) is 13.2 Å².